The second-order valence-electron chi connectivity index (χ2n) is 7.60. The number of halogens is 1. The molecule has 0 bridgehead atoms. The van der Waals surface area contributed by atoms with Gasteiger partial charge in [-0.05, 0) is 61.9 Å². The zero-order chi connectivity index (χ0) is 24.2. The lowest BCUT2D eigenvalue weighted by Crippen LogP contribution is -2.29. The first-order valence-corrected chi connectivity index (χ1v) is 11.3. The molecule has 34 heavy (non-hydrogen) atoms. The molecule has 1 aliphatic rings. The SMILES string of the molecule is CCOc1ccc(CN2C(=O)C(=O)/C(=C(\O)c3ccc(Cl)c(OCC)c3)C2c2ccco2)cc1. The first-order valence-electron chi connectivity index (χ1n) is 10.9. The van der Waals surface area contributed by atoms with Gasteiger partial charge in [0.05, 0.1) is 30.1 Å². The number of benzene rings is 2. The molecule has 1 aliphatic heterocycles. The zero-order valence-corrected chi connectivity index (χ0v) is 19.5. The van der Waals surface area contributed by atoms with E-state index in [4.69, 9.17) is 25.5 Å². The van der Waals surface area contributed by atoms with E-state index in [1.165, 1.54) is 11.2 Å². The molecule has 8 heteroatoms. The molecule has 1 atom stereocenters. The van der Waals surface area contributed by atoms with E-state index in [0.29, 0.717) is 41.1 Å². The summed E-state index contributed by atoms with van der Waals surface area (Å²) in [4.78, 5) is 27.6. The van der Waals surface area contributed by atoms with Crippen molar-refractivity contribution in [1.29, 1.82) is 0 Å². The number of furan rings is 1. The second kappa shape index (κ2) is 10.1. The maximum atomic E-state index is 13.1. The number of carbonyl (C=O) groups is 2. The Hall–Kier alpha value is -3.71. The van der Waals surface area contributed by atoms with Gasteiger partial charge in [0.2, 0.25) is 0 Å². The van der Waals surface area contributed by atoms with E-state index < -0.39 is 17.7 Å². The Morgan fingerprint density at radius 3 is 2.44 bits per heavy atom. The fourth-order valence-corrected chi connectivity index (χ4v) is 4.08. The largest absolute Gasteiger partial charge is 0.507 e. The van der Waals surface area contributed by atoms with Crippen LogP contribution in [0.5, 0.6) is 11.5 Å². The van der Waals surface area contributed by atoms with Gasteiger partial charge in [0.1, 0.15) is 29.1 Å². The number of likely N-dealkylation sites (tertiary alicyclic amines) is 1. The highest BCUT2D eigenvalue weighted by Crippen LogP contribution is 2.41. The van der Waals surface area contributed by atoms with Crippen molar-refractivity contribution in [2.45, 2.75) is 26.4 Å². The van der Waals surface area contributed by atoms with Gasteiger partial charge in [-0.25, -0.2) is 0 Å². The number of aliphatic hydroxyl groups excluding tert-OH is 1. The van der Waals surface area contributed by atoms with Gasteiger partial charge in [-0.2, -0.15) is 0 Å². The zero-order valence-electron chi connectivity index (χ0n) is 18.8. The van der Waals surface area contributed by atoms with Crippen molar-refractivity contribution < 1.29 is 28.6 Å². The fraction of sp³-hybridized carbons (Fsp3) is 0.231. The van der Waals surface area contributed by atoms with Crippen LogP contribution in [0.25, 0.3) is 5.76 Å². The summed E-state index contributed by atoms with van der Waals surface area (Å²) in [5.41, 5.74) is 1.05. The molecule has 1 aromatic heterocycles. The van der Waals surface area contributed by atoms with Gasteiger partial charge in [0.25, 0.3) is 11.7 Å². The Morgan fingerprint density at radius 2 is 1.79 bits per heavy atom. The number of Topliss-reactive ketones (excluding diaryl/α,β-unsaturated/α-hetero) is 1. The summed E-state index contributed by atoms with van der Waals surface area (Å²) in [6.45, 7) is 4.77. The Morgan fingerprint density at radius 1 is 1.06 bits per heavy atom. The molecular weight excluding hydrogens is 458 g/mol. The van der Waals surface area contributed by atoms with Crippen molar-refractivity contribution in [3.63, 3.8) is 0 Å². The molecule has 1 unspecified atom stereocenters. The van der Waals surface area contributed by atoms with Gasteiger partial charge >= 0.3 is 0 Å². The number of ketones is 1. The molecule has 1 amide bonds. The molecule has 0 saturated carbocycles. The normalized spacial score (nSPS) is 17.3. The van der Waals surface area contributed by atoms with E-state index >= 15 is 0 Å². The maximum Gasteiger partial charge on any atom is 0.296 e. The molecular formula is C26H24ClNO6. The van der Waals surface area contributed by atoms with Gasteiger partial charge in [-0.3, -0.25) is 9.59 Å². The number of ether oxygens (including phenoxy) is 2. The summed E-state index contributed by atoms with van der Waals surface area (Å²) in [6.07, 6.45) is 1.46. The van der Waals surface area contributed by atoms with Crippen molar-refractivity contribution in [3.05, 3.63) is 88.3 Å². The highest BCUT2D eigenvalue weighted by atomic mass is 35.5. The molecule has 0 radical (unpaired) electrons. The Bertz CT molecular complexity index is 1220. The maximum absolute atomic E-state index is 13.1. The molecule has 176 valence electrons. The smallest absolute Gasteiger partial charge is 0.296 e. The van der Waals surface area contributed by atoms with Gasteiger partial charge < -0.3 is 23.9 Å². The molecule has 7 nitrogen and oxygen atoms in total. The summed E-state index contributed by atoms with van der Waals surface area (Å²) in [5, 5.41) is 11.5. The van der Waals surface area contributed by atoms with Crippen LogP contribution < -0.4 is 9.47 Å². The van der Waals surface area contributed by atoms with E-state index in [1.807, 2.05) is 26.0 Å². The molecule has 2 aromatic carbocycles. The summed E-state index contributed by atoms with van der Waals surface area (Å²) >= 11 is 6.17. The van der Waals surface area contributed by atoms with E-state index in [0.717, 1.165) is 5.56 Å². The Kier molecular flexibility index (Phi) is 6.93. The van der Waals surface area contributed by atoms with Crippen molar-refractivity contribution in [2.75, 3.05) is 13.2 Å². The van der Waals surface area contributed by atoms with E-state index in [-0.39, 0.29) is 17.9 Å². The minimum absolute atomic E-state index is 0.0596. The van der Waals surface area contributed by atoms with Gasteiger partial charge in [0, 0.05) is 12.1 Å². The first-order chi connectivity index (χ1) is 16.4. The van der Waals surface area contributed by atoms with Crippen LogP contribution in [-0.2, 0) is 16.1 Å². The number of carbonyl (C=O) groups excluding carboxylic acids is 2. The van der Waals surface area contributed by atoms with E-state index in [2.05, 4.69) is 0 Å². The number of amides is 1. The van der Waals surface area contributed by atoms with Gasteiger partial charge in [0.15, 0.2) is 0 Å². The van der Waals surface area contributed by atoms with Crippen LogP contribution >= 0.6 is 11.6 Å². The lowest BCUT2D eigenvalue weighted by atomic mass is 9.99. The van der Waals surface area contributed by atoms with Crippen LogP contribution in [-0.4, -0.2) is 34.9 Å². The van der Waals surface area contributed by atoms with E-state index in [9.17, 15) is 14.7 Å². The minimum atomic E-state index is -0.896. The number of nitrogens with zero attached hydrogens (tertiary/aromatic N) is 1. The van der Waals surface area contributed by atoms with Crippen LogP contribution in [0.4, 0.5) is 0 Å². The van der Waals surface area contributed by atoms with Crippen LogP contribution in [0, 0.1) is 0 Å². The van der Waals surface area contributed by atoms with Crippen LogP contribution in [0.2, 0.25) is 5.02 Å². The topological polar surface area (TPSA) is 89.2 Å². The number of hydrogen-bond acceptors (Lipinski definition) is 6. The quantitative estimate of drug-likeness (QED) is 0.265. The van der Waals surface area contributed by atoms with Crippen molar-refractivity contribution in [3.8, 4) is 11.5 Å². The summed E-state index contributed by atoms with van der Waals surface area (Å²) < 4.78 is 16.6. The second-order valence-corrected chi connectivity index (χ2v) is 8.00. The number of hydrogen-bond donors (Lipinski definition) is 1. The van der Waals surface area contributed by atoms with Crippen molar-refractivity contribution >= 4 is 29.1 Å². The molecule has 1 saturated heterocycles. The molecule has 1 N–H and O–H groups in total. The minimum Gasteiger partial charge on any atom is -0.507 e. The summed E-state index contributed by atoms with van der Waals surface area (Å²) in [7, 11) is 0. The third-order valence-electron chi connectivity index (χ3n) is 5.44. The number of rotatable bonds is 8. The summed E-state index contributed by atoms with van der Waals surface area (Å²) in [5.74, 6) is -0.402. The third-order valence-corrected chi connectivity index (χ3v) is 5.76. The highest BCUT2D eigenvalue weighted by molar-refractivity contribution is 6.46. The lowest BCUT2D eigenvalue weighted by molar-refractivity contribution is -0.140. The van der Waals surface area contributed by atoms with Gasteiger partial charge in [-0.15, -0.1) is 0 Å². The standard InChI is InChI=1S/C26H24ClNO6/c1-3-32-18-10-7-16(8-11-18)15-28-23(20-6-5-13-34-20)22(25(30)26(28)31)24(29)17-9-12-19(27)21(14-17)33-4-2/h5-14,23,29H,3-4,15H2,1-2H3/b24-22-. The molecule has 0 spiro atoms. The predicted molar refractivity (Wildman–Crippen MR) is 127 cm³/mol. The van der Waals surface area contributed by atoms with Crippen molar-refractivity contribution in [2.24, 2.45) is 0 Å². The Balaban J connectivity index is 1.76. The van der Waals surface area contributed by atoms with E-state index in [1.54, 1.807) is 42.5 Å². The third kappa shape index (κ3) is 4.52. The first kappa shape index (κ1) is 23.4. The highest BCUT2D eigenvalue weighted by Gasteiger charge is 2.47. The van der Waals surface area contributed by atoms with Crippen LogP contribution in [0.1, 0.15) is 36.8 Å². The van der Waals surface area contributed by atoms with Crippen LogP contribution in [0.15, 0.2) is 70.9 Å². The molecule has 2 heterocycles. The fourth-order valence-electron chi connectivity index (χ4n) is 3.91. The molecule has 0 aliphatic carbocycles. The van der Waals surface area contributed by atoms with Gasteiger partial charge in [-0.1, -0.05) is 23.7 Å². The molecule has 3 aromatic rings. The Labute approximate surface area is 202 Å². The molecule has 1 fully saturated rings. The average Bonchev–Trinajstić information content (AvgIpc) is 3.44. The molecule has 4 rings (SSSR count). The lowest BCUT2D eigenvalue weighted by Gasteiger charge is -2.23. The predicted octanol–water partition coefficient (Wildman–Crippen LogP) is 5.35. The number of aliphatic hydroxyl groups is 1. The van der Waals surface area contributed by atoms with Crippen molar-refractivity contribution in [1.82, 2.24) is 4.90 Å². The average molecular weight is 482 g/mol. The summed E-state index contributed by atoms with van der Waals surface area (Å²) in [6, 6.07) is 14.4. The van der Waals surface area contributed by atoms with Crippen LogP contribution in [0.3, 0.4) is 0 Å². The monoisotopic (exact) mass is 481 g/mol.